The van der Waals surface area contributed by atoms with Crippen molar-refractivity contribution in [1.29, 1.82) is 0 Å². The lowest BCUT2D eigenvalue weighted by atomic mass is 10.1. The number of nitrogens with one attached hydrogen (secondary N) is 1. The van der Waals surface area contributed by atoms with Crippen LogP contribution in [-0.4, -0.2) is 49.5 Å². The van der Waals surface area contributed by atoms with Gasteiger partial charge < -0.3 is 5.32 Å². The highest BCUT2D eigenvalue weighted by molar-refractivity contribution is 5.77. The first-order chi connectivity index (χ1) is 22.1. The number of carbonyl (C=O) groups excluding carboxylic acids is 1. The molecule has 0 aliphatic carbocycles. The van der Waals surface area contributed by atoms with E-state index < -0.39 is 0 Å². The zero-order valence-electron chi connectivity index (χ0n) is 30.7. The molecule has 262 valence electrons. The molecule has 0 radical (unpaired) electrons. The molecule has 4 nitrogen and oxygen atoms in total. The van der Waals surface area contributed by atoms with Crippen LogP contribution in [0.25, 0.3) is 0 Å². The fraction of sp³-hybridized carbons (Fsp3) is 0.854. The van der Waals surface area contributed by atoms with E-state index in [0.717, 1.165) is 43.5 Å². The molecule has 1 heterocycles. The molecule has 1 aliphatic heterocycles. The maximum absolute atomic E-state index is 12.4. The molecule has 1 unspecified atom stereocenters. The molecule has 45 heavy (non-hydrogen) atoms. The second-order valence-corrected chi connectivity index (χ2v) is 14.2. The summed E-state index contributed by atoms with van der Waals surface area (Å²) in [5.74, 6) is 1.59. The summed E-state index contributed by atoms with van der Waals surface area (Å²) >= 11 is 0. The molecule has 0 fully saturated rings. The highest BCUT2D eigenvalue weighted by Crippen LogP contribution is 2.18. The van der Waals surface area contributed by atoms with Crippen LogP contribution in [0.2, 0.25) is 0 Å². The lowest BCUT2D eigenvalue weighted by Gasteiger charge is -2.30. The standard InChI is InChI=1S/C41H77N3O/c1-4-6-8-10-12-14-16-18-20-22-24-26-28-30-32-34-40-42-36-38-44(40,3)39-37-43-41(45)35-33-31-29-27-25-23-21-19-17-15-13-11-9-7-5-2/h18-21H,4-17,22-39H2,1-3H3/p+1/b20-18-,21-19-. The fourth-order valence-electron chi connectivity index (χ4n) is 6.53. The number of carbonyl (C=O) groups is 1. The number of allylic oxidation sites excluding steroid dienone is 4. The Balaban J connectivity index is 1.95. The lowest BCUT2D eigenvalue weighted by molar-refractivity contribution is -0.814. The number of hydrogen-bond acceptors (Lipinski definition) is 2. The molecule has 0 saturated heterocycles. The number of aliphatic imine (C=N–C) groups is 1. The SMILES string of the molecule is CCCCCCCC/C=C\CCCCCCCC(=O)NCC[N+]1(C)CCN=C1CCCCCCC/C=C\CCCCCCCC. The van der Waals surface area contributed by atoms with Gasteiger partial charge in [-0.15, -0.1) is 0 Å². The second kappa shape index (κ2) is 31.2. The molecule has 0 saturated carbocycles. The summed E-state index contributed by atoms with van der Waals surface area (Å²) in [5.41, 5.74) is 0. The highest BCUT2D eigenvalue weighted by Gasteiger charge is 2.32. The van der Waals surface area contributed by atoms with Crippen molar-refractivity contribution in [3.63, 3.8) is 0 Å². The summed E-state index contributed by atoms with van der Waals surface area (Å²) in [7, 11) is 2.32. The highest BCUT2D eigenvalue weighted by atomic mass is 16.1. The summed E-state index contributed by atoms with van der Waals surface area (Å²) in [6.07, 6.45) is 45.7. The Morgan fingerprint density at radius 2 is 1.04 bits per heavy atom. The molecule has 4 heteroatoms. The summed E-state index contributed by atoms with van der Waals surface area (Å²) < 4.78 is 0.928. The molecular formula is C41H78N3O+. The number of amidine groups is 1. The topological polar surface area (TPSA) is 41.5 Å². The first-order valence-electron chi connectivity index (χ1n) is 20.1. The lowest BCUT2D eigenvalue weighted by Crippen LogP contribution is -2.51. The van der Waals surface area contributed by atoms with E-state index in [0.29, 0.717) is 6.42 Å². The third kappa shape index (κ3) is 25.4. The molecule has 1 atom stereocenters. The Hall–Kier alpha value is -1.42. The average Bonchev–Trinajstić information content (AvgIpc) is 3.40. The van der Waals surface area contributed by atoms with E-state index in [1.165, 1.54) is 166 Å². The molecule has 1 rings (SSSR count). The Labute approximate surface area is 282 Å². The van der Waals surface area contributed by atoms with Gasteiger partial charge in [-0.25, -0.2) is 4.99 Å². The van der Waals surface area contributed by atoms with E-state index >= 15 is 0 Å². The van der Waals surface area contributed by atoms with Crippen LogP contribution in [0.3, 0.4) is 0 Å². The number of hydrogen-bond donors (Lipinski definition) is 1. The average molecular weight is 629 g/mol. The summed E-state index contributed by atoms with van der Waals surface area (Å²) in [6, 6.07) is 0. The third-order valence-electron chi connectivity index (χ3n) is 9.77. The fourth-order valence-corrected chi connectivity index (χ4v) is 6.53. The largest absolute Gasteiger partial charge is 0.350 e. The molecule has 1 amide bonds. The van der Waals surface area contributed by atoms with Crippen molar-refractivity contribution in [1.82, 2.24) is 5.32 Å². The summed E-state index contributed by atoms with van der Waals surface area (Å²) in [6.45, 7) is 8.34. The van der Waals surface area contributed by atoms with Crippen molar-refractivity contribution in [3.05, 3.63) is 24.3 Å². The van der Waals surface area contributed by atoms with Gasteiger partial charge in [0, 0.05) is 12.8 Å². The van der Waals surface area contributed by atoms with Gasteiger partial charge in [0.2, 0.25) is 5.91 Å². The molecule has 0 spiro atoms. The van der Waals surface area contributed by atoms with Gasteiger partial charge >= 0.3 is 0 Å². The van der Waals surface area contributed by atoms with Gasteiger partial charge in [0.15, 0.2) is 5.84 Å². The van der Waals surface area contributed by atoms with Crippen LogP contribution in [-0.2, 0) is 4.79 Å². The minimum absolute atomic E-state index is 0.231. The zero-order chi connectivity index (χ0) is 32.5. The minimum Gasteiger partial charge on any atom is -0.350 e. The molecule has 1 N–H and O–H groups in total. The van der Waals surface area contributed by atoms with Crippen molar-refractivity contribution in [2.24, 2.45) is 4.99 Å². The summed E-state index contributed by atoms with van der Waals surface area (Å²) in [5, 5.41) is 3.20. The van der Waals surface area contributed by atoms with Crippen molar-refractivity contribution in [3.8, 4) is 0 Å². The Morgan fingerprint density at radius 3 is 1.53 bits per heavy atom. The van der Waals surface area contributed by atoms with Crippen LogP contribution in [0.1, 0.15) is 194 Å². The van der Waals surface area contributed by atoms with E-state index in [-0.39, 0.29) is 5.91 Å². The number of likely N-dealkylation sites (N-methyl/N-ethyl adjacent to an activating group) is 1. The van der Waals surface area contributed by atoms with Gasteiger partial charge in [-0.2, -0.15) is 0 Å². The van der Waals surface area contributed by atoms with Crippen molar-refractivity contribution in [2.75, 3.05) is 33.2 Å². The van der Waals surface area contributed by atoms with Gasteiger partial charge in [0.1, 0.15) is 13.1 Å². The zero-order valence-corrected chi connectivity index (χ0v) is 30.7. The van der Waals surface area contributed by atoms with Crippen LogP contribution in [0.15, 0.2) is 29.3 Å². The predicted molar refractivity (Wildman–Crippen MR) is 200 cm³/mol. The van der Waals surface area contributed by atoms with Crippen molar-refractivity contribution in [2.45, 2.75) is 194 Å². The second-order valence-electron chi connectivity index (χ2n) is 14.2. The predicted octanol–water partition coefficient (Wildman–Crippen LogP) is 12.0. The van der Waals surface area contributed by atoms with Crippen LogP contribution >= 0.6 is 0 Å². The van der Waals surface area contributed by atoms with Gasteiger partial charge in [0.25, 0.3) is 0 Å². The number of amides is 1. The van der Waals surface area contributed by atoms with E-state index in [4.69, 9.17) is 4.99 Å². The van der Waals surface area contributed by atoms with Crippen LogP contribution in [0, 0.1) is 0 Å². The number of nitrogens with zero attached hydrogens (tertiary/aromatic N) is 2. The van der Waals surface area contributed by atoms with Gasteiger partial charge in [-0.3, -0.25) is 9.28 Å². The molecule has 0 aromatic heterocycles. The molecule has 0 aromatic carbocycles. The van der Waals surface area contributed by atoms with Crippen LogP contribution < -0.4 is 5.32 Å². The van der Waals surface area contributed by atoms with Crippen molar-refractivity contribution < 1.29 is 9.28 Å². The van der Waals surface area contributed by atoms with E-state index in [1.54, 1.807) is 0 Å². The molecule has 1 aliphatic rings. The van der Waals surface area contributed by atoms with E-state index in [1.807, 2.05) is 0 Å². The van der Waals surface area contributed by atoms with Crippen molar-refractivity contribution >= 4 is 11.7 Å². The normalized spacial score (nSPS) is 16.7. The van der Waals surface area contributed by atoms with Gasteiger partial charge in [-0.05, 0) is 64.2 Å². The molecule has 0 bridgehead atoms. The van der Waals surface area contributed by atoms with E-state index in [9.17, 15) is 4.79 Å². The first kappa shape index (κ1) is 41.6. The molecular weight excluding hydrogens is 550 g/mol. The maximum atomic E-state index is 12.4. The summed E-state index contributed by atoms with van der Waals surface area (Å²) in [4.78, 5) is 17.3. The number of rotatable bonds is 33. The monoisotopic (exact) mass is 629 g/mol. The third-order valence-corrected chi connectivity index (χ3v) is 9.77. The Kier molecular flexibility index (Phi) is 28.8. The van der Waals surface area contributed by atoms with E-state index in [2.05, 4.69) is 50.5 Å². The smallest absolute Gasteiger partial charge is 0.220 e. The Morgan fingerprint density at radius 1 is 0.622 bits per heavy atom. The molecule has 0 aromatic rings. The van der Waals surface area contributed by atoms with Crippen LogP contribution in [0.5, 0.6) is 0 Å². The van der Waals surface area contributed by atoms with Gasteiger partial charge in [0.05, 0.1) is 20.1 Å². The number of unbranched alkanes of at least 4 members (excludes halogenated alkanes) is 22. The number of quaternary nitrogens is 1. The first-order valence-corrected chi connectivity index (χ1v) is 20.1. The Bertz CT molecular complexity index is 758. The maximum Gasteiger partial charge on any atom is 0.220 e. The minimum atomic E-state index is 0.231. The van der Waals surface area contributed by atoms with Gasteiger partial charge in [-0.1, -0.05) is 141 Å². The quantitative estimate of drug-likeness (QED) is 0.0438. The van der Waals surface area contributed by atoms with Crippen LogP contribution in [0.4, 0.5) is 0 Å².